The van der Waals surface area contributed by atoms with Gasteiger partial charge in [-0.2, -0.15) is 9.47 Å². The van der Waals surface area contributed by atoms with Crippen molar-refractivity contribution in [3.05, 3.63) is 22.5 Å². The number of rotatable bonds is 6. The van der Waals surface area contributed by atoms with E-state index in [0.29, 0.717) is 22.2 Å². The molecule has 0 unspecified atom stereocenters. The fraction of sp³-hybridized carbons (Fsp3) is 0.462. The Labute approximate surface area is 135 Å². The van der Waals surface area contributed by atoms with Crippen molar-refractivity contribution in [2.45, 2.75) is 19.9 Å². The number of amides is 1. The largest absolute Gasteiger partial charge is 0.486 e. The lowest BCUT2D eigenvalue weighted by atomic mass is 10.1. The number of aryl methyl sites for hydroxylation is 1. The van der Waals surface area contributed by atoms with Gasteiger partial charge in [-0.05, 0) is 6.92 Å². The van der Waals surface area contributed by atoms with E-state index in [0.717, 1.165) is 11.5 Å². The number of carbonyl (C=O) groups is 1. The zero-order valence-electron chi connectivity index (χ0n) is 13.0. The van der Waals surface area contributed by atoms with Crippen molar-refractivity contribution in [3.63, 3.8) is 0 Å². The second-order valence-electron chi connectivity index (χ2n) is 4.61. The second-order valence-corrected chi connectivity index (χ2v) is 5.35. The highest BCUT2D eigenvalue weighted by atomic mass is 32.1. The molecule has 2 aromatic heterocycles. The lowest BCUT2D eigenvalue weighted by Crippen LogP contribution is -2.24. The van der Waals surface area contributed by atoms with Crippen LogP contribution in [0.3, 0.4) is 0 Å². The van der Waals surface area contributed by atoms with Gasteiger partial charge in [0.2, 0.25) is 10.9 Å². The molecule has 0 aliphatic carbocycles. The molecule has 0 saturated heterocycles. The van der Waals surface area contributed by atoms with E-state index in [2.05, 4.69) is 14.8 Å². The Morgan fingerprint density at radius 1 is 1.39 bits per heavy atom. The quantitative estimate of drug-likeness (QED) is 0.866. The van der Waals surface area contributed by atoms with Crippen molar-refractivity contribution in [2.75, 3.05) is 14.2 Å². The van der Waals surface area contributed by atoms with E-state index in [1.54, 1.807) is 6.92 Å². The van der Waals surface area contributed by atoms with Gasteiger partial charge in [0.25, 0.3) is 12.3 Å². The number of carbonyl (C=O) groups excluding carboxylic acids is 1. The molecule has 0 bridgehead atoms. The highest BCUT2D eigenvalue weighted by Crippen LogP contribution is 2.32. The number of hydrogen-bond donors (Lipinski definition) is 1. The highest BCUT2D eigenvalue weighted by Gasteiger charge is 2.26. The fourth-order valence-corrected chi connectivity index (χ4v) is 2.77. The summed E-state index contributed by atoms with van der Waals surface area (Å²) in [5, 5.41) is 6.76. The third-order valence-corrected chi connectivity index (χ3v) is 4.15. The van der Waals surface area contributed by atoms with Gasteiger partial charge >= 0.3 is 0 Å². The molecule has 2 aromatic rings. The summed E-state index contributed by atoms with van der Waals surface area (Å²) in [5.41, 5.74) is 0.252. The number of nitrogens with zero attached hydrogens (tertiary/aromatic N) is 3. The molecule has 126 valence electrons. The Morgan fingerprint density at radius 3 is 2.65 bits per heavy atom. The number of hydrogen-bond acceptors (Lipinski definition) is 6. The predicted molar refractivity (Wildman–Crippen MR) is 79.3 cm³/mol. The zero-order chi connectivity index (χ0) is 17.1. The average Bonchev–Trinajstić information content (AvgIpc) is 3.06. The summed E-state index contributed by atoms with van der Waals surface area (Å²) >= 11 is 1.08. The SMILES string of the molecule is COc1nsc(OC)c1CNC(=O)c1c(C(F)F)nn(C)c1C. The number of alkyl halides is 2. The first-order chi connectivity index (χ1) is 10.9. The smallest absolute Gasteiger partial charge is 0.282 e. The molecular weight excluding hydrogens is 330 g/mol. The molecule has 0 aliphatic heterocycles. The summed E-state index contributed by atoms with van der Waals surface area (Å²) in [6.45, 7) is 1.60. The molecule has 0 aromatic carbocycles. The first-order valence-corrected chi connectivity index (χ1v) is 7.34. The van der Waals surface area contributed by atoms with E-state index in [4.69, 9.17) is 9.47 Å². The molecule has 10 heteroatoms. The topological polar surface area (TPSA) is 78.3 Å². The summed E-state index contributed by atoms with van der Waals surface area (Å²) in [6, 6.07) is 0. The van der Waals surface area contributed by atoms with Crippen LogP contribution in [0.4, 0.5) is 8.78 Å². The van der Waals surface area contributed by atoms with Crippen molar-refractivity contribution in [1.82, 2.24) is 19.5 Å². The van der Waals surface area contributed by atoms with Crippen LogP contribution in [-0.4, -0.2) is 34.3 Å². The molecule has 0 fully saturated rings. The molecule has 1 amide bonds. The van der Waals surface area contributed by atoms with Crippen LogP contribution >= 0.6 is 11.5 Å². The molecule has 2 rings (SSSR count). The maximum absolute atomic E-state index is 13.0. The average molecular weight is 346 g/mol. The van der Waals surface area contributed by atoms with Crippen LogP contribution in [-0.2, 0) is 13.6 Å². The number of aromatic nitrogens is 3. The van der Waals surface area contributed by atoms with Crippen molar-refractivity contribution < 1.29 is 23.0 Å². The van der Waals surface area contributed by atoms with Crippen molar-refractivity contribution in [1.29, 1.82) is 0 Å². The van der Waals surface area contributed by atoms with E-state index < -0.39 is 18.0 Å². The van der Waals surface area contributed by atoms with Crippen LogP contribution in [0.2, 0.25) is 0 Å². The van der Waals surface area contributed by atoms with Gasteiger partial charge in [0, 0.05) is 24.3 Å². The van der Waals surface area contributed by atoms with Crippen LogP contribution in [0.5, 0.6) is 10.9 Å². The number of methoxy groups -OCH3 is 2. The third-order valence-electron chi connectivity index (χ3n) is 3.32. The van der Waals surface area contributed by atoms with Crippen molar-refractivity contribution in [3.8, 4) is 10.9 Å². The first kappa shape index (κ1) is 17.1. The van der Waals surface area contributed by atoms with Crippen LogP contribution in [0.15, 0.2) is 0 Å². The minimum Gasteiger partial charge on any atom is -0.486 e. The van der Waals surface area contributed by atoms with Gasteiger partial charge < -0.3 is 14.8 Å². The van der Waals surface area contributed by atoms with Gasteiger partial charge in [-0.1, -0.05) is 0 Å². The van der Waals surface area contributed by atoms with E-state index in [1.807, 2.05) is 0 Å². The van der Waals surface area contributed by atoms with E-state index in [-0.39, 0.29) is 12.1 Å². The van der Waals surface area contributed by atoms with Crippen LogP contribution in [0.25, 0.3) is 0 Å². The normalized spacial score (nSPS) is 10.9. The Hall–Kier alpha value is -2.23. The maximum Gasteiger partial charge on any atom is 0.282 e. The molecule has 23 heavy (non-hydrogen) atoms. The summed E-state index contributed by atoms with van der Waals surface area (Å²) < 4.78 is 41.6. The highest BCUT2D eigenvalue weighted by molar-refractivity contribution is 7.08. The Balaban J connectivity index is 2.23. The monoisotopic (exact) mass is 346 g/mol. The van der Waals surface area contributed by atoms with Gasteiger partial charge in [0.1, 0.15) is 5.69 Å². The first-order valence-electron chi connectivity index (χ1n) is 6.57. The molecule has 1 N–H and O–H groups in total. The Bertz CT molecular complexity index is 693. The summed E-state index contributed by atoms with van der Waals surface area (Å²) in [7, 11) is 4.42. The predicted octanol–water partition coefficient (Wildman–Crippen LogP) is 2.07. The van der Waals surface area contributed by atoms with Crippen LogP contribution in [0.1, 0.15) is 33.7 Å². The van der Waals surface area contributed by atoms with Crippen LogP contribution < -0.4 is 14.8 Å². The van der Waals surface area contributed by atoms with Gasteiger partial charge in [-0.15, -0.1) is 0 Å². The second kappa shape index (κ2) is 6.90. The summed E-state index contributed by atoms with van der Waals surface area (Å²) in [4.78, 5) is 12.3. The van der Waals surface area contributed by atoms with Crippen molar-refractivity contribution in [2.24, 2.45) is 7.05 Å². The summed E-state index contributed by atoms with van der Waals surface area (Å²) in [6.07, 6.45) is -2.83. The molecular formula is C13H16F2N4O3S. The fourth-order valence-electron chi connectivity index (χ4n) is 2.07. The van der Waals surface area contributed by atoms with Gasteiger partial charge in [-0.3, -0.25) is 9.48 Å². The minimum atomic E-state index is -2.83. The third kappa shape index (κ3) is 3.26. The minimum absolute atomic E-state index is 0.0404. The molecule has 2 heterocycles. The van der Waals surface area contributed by atoms with Crippen LogP contribution in [0, 0.1) is 6.92 Å². The van der Waals surface area contributed by atoms with Crippen molar-refractivity contribution >= 4 is 17.4 Å². The van der Waals surface area contributed by atoms with E-state index in [9.17, 15) is 13.6 Å². The maximum atomic E-state index is 13.0. The van der Waals surface area contributed by atoms with E-state index >= 15 is 0 Å². The molecule has 0 aliphatic rings. The molecule has 0 spiro atoms. The van der Waals surface area contributed by atoms with E-state index in [1.165, 1.54) is 25.9 Å². The Morgan fingerprint density at radius 2 is 2.09 bits per heavy atom. The molecule has 7 nitrogen and oxygen atoms in total. The lowest BCUT2D eigenvalue weighted by molar-refractivity contribution is 0.0935. The zero-order valence-corrected chi connectivity index (χ0v) is 13.8. The molecule has 0 saturated carbocycles. The number of nitrogens with one attached hydrogen (secondary N) is 1. The van der Waals surface area contributed by atoms with Gasteiger partial charge in [-0.25, -0.2) is 8.78 Å². The Kier molecular flexibility index (Phi) is 5.14. The molecule has 0 atom stereocenters. The van der Waals surface area contributed by atoms with Gasteiger partial charge in [0.15, 0.2) is 0 Å². The molecule has 0 radical (unpaired) electrons. The number of ether oxygens (including phenoxy) is 2. The summed E-state index contributed by atoms with van der Waals surface area (Å²) in [5.74, 6) is -0.314. The van der Waals surface area contributed by atoms with Gasteiger partial charge in [0.05, 0.1) is 31.9 Å². The standard InChI is InChI=1S/C13H16F2N4O3S/c1-6-8(9(10(14)15)17-19(6)2)11(20)16-5-7-12(21-3)18-23-13(7)22-4/h10H,5H2,1-4H3,(H,16,20). The lowest BCUT2D eigenvalue weighted by Gasteiger charge is -2.08. The number of halogens is 2.